The van der Waals surface area contributed by atoms with Crippen LogP contribution in [0.2, 0.25) is 0 Å². The van der Waals surface area contributed by atoms with Crippen molar-refractivity contribution in [2.45, 2.75) is 32.7 Å². The number of rotatable bonds is 4. The van der Waals surface area contributed by atoms with Gasteiger partial charge in [0, 0.05) is 12.1 Å². The van der Waals surface area contributed by atoms with Crippen LogP contribution in [0.3, 0.4) is 0 Å². The largest absolute Gasteiger partial charge is 0.351 e. The molecule has 0 aliphatic rings. The van der Waals surface area contributed by atoms with E-state index in [0.717, 1.165) is 0 Å². The monoisotopic (exact) mass is 207 g/mol. The van der Waals surface area contributed by atoms with E-state index < -0.39 is 0 Å². The lowest BCUT2D eigenvalue weighted by molar-refractivity contribution is 0.0899. The summed E-state index contributed by atoms with van der Waals surface area (Å²) in [6, 6.07) is 3.45. The minimum atomic E-state index is -0.322. The van der Waals surface area contributed by atoms with Crippen LogP contribution in [0.4, 0.5) is 0 Å². The highest BCUT2D eigenvalue weighted by molar-refractivity contribution is 5.91. The Hall–Kier alpha value is -1.83. The molecule has 80 valence electrons. The number of nitriles is 1. The van der Waals surface area contributed by atoms with Gasteiger partial charge in [-0.25, -0.2) is 0 Å². The van der Waals surface area contributed by atoms with Crippen LogP contribution < -0.4 is 5.32 Å². The molecule has 0 spiro atoms. The molecule has 0 fully saturated rings. The van der Waals surface area contributed by atoms with Crippen molar-refractivity contribution >= 4 is 5.91 Å². The maximum absolute atomic E-state index is 11.5. The molecule has 1 atom stereocenters. The van der Waals surface area contributed by atoms with Crippen molar-refractivity contribution in [3.8, 4) is 6.07 Å². The lowest BCUT2D eigenvalue weighted by Crippen LogP contribution is -2.33. The van der Waals surface area contributed by atoms with Crippen molar-refractivity contribution in [3.05, 3.63) is 17.5 Å². The zero-order valence-corrected chi connectivity index (χ0v) is 8.78. The van der Waals surface area contributed by atoms with E-state index in [-0.39, 0.29) is 17.7 Å². The normalized spacial score (nSPS) is 11.8. The molecular weight excluding hydrogens is 194 g/mol. The summed E-state index contributed by atoms with van der Waals surface area (Å²) >= 11 is 0. The molecule has 5 heteroatoms. The number of hydrogen-bond donors (Lipinski definition) is 1. The van der Waals surface area contributed by atoms with Crippen LogP contribution >= 0.6 is 0 Å². The van der Waals surface area contributed by atoms with E-state index in [9.17, 15) is 4.79 Å². The Balaban J connectivity index is 2.59. The summed E-state index contributed by atoms with van der Waals surface area (Å²) < 4.78 is 4.80. The molecule has 1 aromatic heterocycles. The third-order valence-electron chi connectivity index (χ3n) is 2.02. The Bertz CT molecular complexity index is 378. The molecule has 0 aliphatic carbocycles. The summed E-state index contributed by atoms with van der Waals surface area (Å²) in [6.07, 6.45) is 1.02. The lowest BCUT2D eigenvalue weighted by Gasteiger charge is -2.11. The summed E-state index contributed by atoms with van der Waals surface area (Å²) in [5.74, 6) is -0.137. The fraction of sp³-hybridized carbons (Fsp3) is 0.500. The summed E-state index contributed by atoms with van der Waals surface area (Å²) in [6.45, 7) is 3.65. The average Bonchev–Trinajstić information content (AvgIpc) is 2.64. The maximum atomic E-state index is 11.5. The highest BCUT2D eigenvalue weighted by Crippen LogP contribution is 2.04. The van der Waals surface area contributed by atoms with Crippen molar-refractivity contribution in [2.24, 2.45) is 0 Å². The number of nitrogens with one attached hydrogen (secondary N) is 1. The summed E-state index contributed by atoms with van der Waals surface area (Å²) in [4.78, 5) is 11.5. The Morgan fingerprint density at radius 1 is 1.80 bits per heavy atom. The molecule has 0 radical (unpaired) electrons. The average molecular weight is 207 g/mol. The van der Waals surface area contributed by atoms with Gasteiger partial charge in [-0.2, -0.15) is 5.26 Å². The first kappa shape index (κ1) is 11.2. The Kier molecular flexibility index (Phi) is 3.86. The second-order valence-electron chi connectivity index (χ2n) is 3.27. The van der Waals surface area contributed by atoms with E-state index in [4.69, 9.17) is 9.78 Å². The molecule has 1 amide bonds. The molecule has 0 aromatic carbocycles. The van der Waals surface area contributed by atoms with Crippen molar-refractivity contribution in [1.82, 2.24) is 10.5 Å². The standard InChI is InChI=1S/C10H13N3O2/c1-3-8(4-5-11)12-10(14)9-6-7(2)13-15-9/h6,8H,3-4H2,1-2H3,(H,12,14). The fourth-order valence-electron chi connectivity index (χ4n) is 1.13. The van der Waals surface area contributed by atoms with Crippen LogP contribution in [0, 0.1) is 18.3 Å². The second-order valence-corrected chi connectivity index (χ2v) is 3.27. The zero-order valence-electron chi connectivity index (χ0n) is 8.78. The molecule has 1 aromatic rings. The highest BCUT2D eigenvalue weighted by atomic mass is 16.5. The van der Waals surface area contributed by atoms with Crippen LogP contribution in [0.15, 0.2) is 10.6 Å². The molecule has 5 nitrogen and oxygen atoms in total. The minimum Gasteiger partial charge on any atom is -0.351 e. The number of nitrogens with zero attached hydrogens (tertiary/aromatic N) is 2. The first-order valence-corrected chi connectivity index (χ1v) is 4.78. The molecule has 1 N–H and O–H groups in total. The van der Waals surface area contributed by atoms with E-state index in [1.807, 2.05) is 13.0 Å². The fourth-order valence-corrected chi connectivity index (χ4v) is 1.13. The van der Waals surface area contributed by atoms with Crippen molar-refractivity contribution in [3.63, 3.8) is 0 Å². The highest BCUT2D eigenvalue weighted by Gasteiger charge is 2.15. The van der Waals surface area contributed by atoms with Gasteiger partial charge in [-0.15, -0.1) is 0 Å². The minimum absolute atomic E-state index is 0.132. The Labute approximate surface area is 88.1 Å². The summed E-state index contributed by atoms with van der Waals surface area (Å²) in [5, 5.41) is 14.8. The number of carbonyl (C=O) groups is 1. The van der Waals surface area contributed by atoms with E-state index in [0.29, 0.717) is 18.5 Å². The number of hydrogen-bond acceptors (Lipinski definition) is 4. The van der Waals surface area contributed by atoms with Gasteiger partial charge in [0.25, 0.3) is 5.91 Å². The molecule has 1 heterocycles. The van der Waals surface area contributed by atoms with E-state index in [1.54, 1.807) is 13.0 Å². The van der Waals surface area contributed by atoms with Crippen LogP contribution in [0.25, 0.3) is 0 Å². The Morgan fingerprint density at radius 2 is 2.53 bits per heavy atom. The smallest absolute Gasteiger partial charge is 0.290 e. The third-order valence-corrected chi connectivity index (χ3v) is 2.02. The van der Waals surface area contributed by atoms with E-state index >= 15 is 0 Å². The number of amides is 1. The van der Waals surface area contributed by atoms with Crippen LogP contribution in [0.5, 0.6) is 0 Å². The van der Waals surface area contributed by atoms with Gasteiger partial charge in [-0.1, -0.05) is 12.1 Å². The van der Waals surface area contributed by atoms with Gasteiger partial charge in [-0.05, 0) is 13.3 Å². The third kappa shape index (κ3) is 3.09. The topological polar surface area (TPSA) is 78.9 Å². The molecule has 1 rings (SSSR count). The Morgan fingerprint density at radius 3 is 3.00 bits per heavy atom. The van der Waals surface area contributed by atoms with Gasteiger partial charge in [0.15, 0.2) is 0 Å². The number of aromatic nitrogens is 1. The first-order valence-electron chi connectivity index (χ1n) is 4.78. The van der Waals surface area contributed by atoms with Gasteiger partial charge >= 0.3 is 0 Å². The SMILES string of the molecule is CCC(CC#N)NC(=O)c1cc(C)no1. The zero-order chi connectivity index (χ0) is 11.3. The second kappa shape index (κ2) is 5.15. The molecule has 0 saturated heterocycles. The van der Waals surface area contributed by atoms with Gasteiger partial charge < -0.3 is 9.84 Å². The van der Waals surface area contributed by atoms with Crippen molar-refractivity contribution in [2.75, 3.05) is 0 Å². The molecule has 0 saturated carbocycles. The van der Waals surface area contributed by atoms with Gasteiger partial charge in [0.05, 0.1) is 18.2 Å². The van der Waals surface area contributed by atoms with Crippen molar-refractivity contribution in [1.29, 1.82) is 5.26 Å². The van der Waals surface area contributed by atoms with E-state index in [2.05, 4.69) is 10.5 Å². The summed E-state index contributed by atoms with van der Waals surface area (Å²) in [7, 11) is 0. The molecular formula is C10H13N3O2. The van der Waals surface area contributed by atoms with Crippen LogP contribution in [-0.2, 0) is 0 Å². The van der Waals surface area contributed by atoms with Gasteiger partial charge in [-0.3, -0.25) is 4.79 Å². The maximum Gasteiger partial charge on any atom is 0.290 e. The molecule has 0 aliphatic heterocycles. The lowest BCUT2D eigenvalue weighted by atomic mass is 10.1. The molecule has 15 heavy (non-hydrogen) atoms. The molecule has 0 bridgehead atoms. The van der Waals surface area contributed by atoms with Gasteiger partial charge in [0.1, 0.15) is 0 Å². The number of carbonyl (C=O) groups excluding carboxylic acids is 1. The first-order chi connectivity index (χ1) is 7.17. The summed E-state index contributed by atoms with van der Waals surface area (Å²) in [5.41, 5.74) is 0.661. The quantitative estimate of drug-likeness (QED) is 0.809. The van der Waals surface area contributed by atoms with Crippen LogP contribution in [-0.4, -0.2) is 17.1 Å². The van der Waals surface area contributed by atoms with Crippen molar-refractivity contribution < 1.29 is 9.32 Å². The predicted octanol–water partition coefficient (Wildman–Crippen LogP) is 1.41. The molecule has 1 unspecified atom stereocenters. The van der Waals surface area contributed by atoms with E-state index in [1.165, 1.54) is 0 Å². The number of aryl methyl sites for hydroxylation is 1. The van der Waals surface area contributed by atoms with Crippen LogP contribution in [0.1, 0.15) is 36.0 Å². The predicted molar refractivity (Wildman–Crippen MR) is 53.0 cm³/mol. The van der Waals surface area contributed by atoms with Gasteiger partial charge in [0.2, 0.25) is 5.76 Å².